The van der Waals surface area contributed by atoms with Crippen molar-refractivity contribution in [2.45, 2.75) is 58.2 Å². The maximum absolute atomic E-state index is 13.7. The van der Waals surface area contributed by atoms with E-state index in [4.69, 9.17) is 23.2 Å². The second-order valence-corrected chi connectivity index (χ2v) is 9.61. The van der Waals surface area contributed by atoms with E-state index < -0.39 is 6.04 Å². The van der Waals surface area contributed by atoms with Crippen LogP contribution in [0.1, 0.15) is 43.4 Å². The Hall–Kier alpha value is -2.82. The summed E-state index contributed by atoms with van der Waals surface area (Å²) in [7, 11) is 0. The fourth-order valence-corrected chi connectivity index (χ4v) is 4.36. The predicted octanol–water partition coefficient (Wildman–Crippen LogP) is 6.48. The number of benzene rings is 3. The molecule has 3 aromatic rings. The van der Waals surface area contributed by atoms with Crippen molar-refractivity contribution in [2.24, 2.45) is 0 Å². The Balaban J connectivity index is 1.92. The zero-order valence-corrected chi connectivity index (χ0v) is 21.7. The standard InChI is InChI=1S/C29H32Cl2N2O2/c1-3-21(2)32-29(35)27(19-22-10-5-4-6-11-22)33(20-23-12-9-14-25(30)18-23)28(34)17-16-24-13-7-8-15-26(24)31/h4-15,18,21,27H,3,16-17,19-20H2,1-2H3,(H,32,35)/t21-,27+/m1/s1. The molecule has 0 bridgehead atoms. The van der Waals surface area contributed by atoms with E-state index in [1.54, 1.807) is 11.0 Å². The van der Waals surface area contributed by atoms with Gasteiger partial charge in [-0.2, -0.15) is 0 Å². The Morgan fingerprint density at radius 3 is 2.29 bits per heavy atom. The van der Waals surface area contributed by atoms with Gasteiger partial charge in [-0.25, -0.2) is 0 Å². The van der Waals surface area contributed by atoms with Crippen LogP contribution in [0.25, 0.3) is 0 Å². The number of carbonyl (C=O) groups excluding carboxylic acids is 2. The second-order valence-electron chi connectivity index (χ2n) is 8.77. The van der Waals surface area contributed by atoms with Crippen LogP contribution in [0.3, 0.4) is 0 Å². The van der Waals surface area contributed by atoms with Crippen molar-refractivity contribution in [1.29, 1.82) is 0 Å². The van der Waals surface area contributed by atoms with E-state index in [0.29, 0.717) is 22.9 Å². The van der Waals surface area contributed by atoms with E-state index in [1.807, 2.05) is 86.6 Å². The fourth-order valence-electron chi connectivity index (χ4n) is 3.91. The highest BCUT2D eigenvalue weighted by atomic mass is 35.5. The molecule has 0 spiro atoms. The van der Waals surface area contributed by atoms with Gasteiger partial charge in [0, 0.05) is 35.5 Å². The number of hydrogen-bond acceptors (Lipinski definition) is 2. The third-order valence-electron chi connectivity index (χ3n) is 6.08. The SMILES string of the molecule is CC[C@@H](C)NC(=O)[C@H](Cc1ccccc1)N(Cc1cccc(Cl)c1)C(=O)CCc1ccccc1Cl. The number of amides is 2. The summed E-state index contributed by atoms with van der Waals surface area (Å²) in [5.41, 5.74) is 2.78. The monoisotopic (exact) mass is 510 g/mol. The lowest BCUT2D eigenvalue weighted by Crippen LogP contribution is -2.52. The van der Waals surface area contributed by atoms with Gasteiger partial charge in [-0.1, -0.05) is 90.8 Å². The first-order valence-electron chi connectivity index (χ1n) is 12.0. The molecule has 0 radical (unpaired) electrons. The number of rotatable bonds is 11. The average molecular weight is 511 g/mol. The summed E-state index contributed by atoms with van der Waals surface area (Å²) in [5.74, 6) is -0.263. The van der Waals surface area contributed by atoms with E-state index in [1.165, 1.54) is 0 Å². The van der Waals surface area contributed by atoms with Crippen molar-refractivity contribution in [2.75, 3.05) is 0 Å². The number of hydrogen-bond donors (Lipinski definition) is 1. The summed E-state index contributed by atoms with van der Waals surface area (Å²) < 4.78 is 0. The largest absolute Gasteiger partial charge is 0.352 e. The maximum atomic E-state index is 13.7. The third kappa shape index (κ3) is 8.12. The Kier molecular flexibility index (Phi) is 10.2. The van der Waals surface area contributed by atoms with Crippen molar-refractivity contribution >= 4 is 35.0 Å². The molecule has 35 heavy (non-hydrogen) atoms. The quantitative estimate of drug-likeness (QED) is 0.320. The van der Waals surface area contributed by atoms with Gasteiger partial charge in [0.1, 0.15) is 6.04 Å². The minimum absolute atomic E-state index is 0.00650. The molecule has 0 aromatic heterocycles. The van der Waals surface area contributed by atoms with E-state index in [-0.39, 0.29) is 30.8 Å². The summed E-state index contributed by atoms with van der Waals surface area (Å²) in [5, 5.41) is 4.31. The Morgan fingerprint density at radius 1 is 0.914 bits per heavy atom. The molecule has 0 aliphatic rings. The predicted molar refractivity (Wildman–Crippen MR) is 144 cm³/mol. The van der Waals surface area contributed by atoms with Gasteiger partial charge in [0.15, 0.2) is 0 Å². The normalized spacial score (nSPS) is 12.6. The summed E-state index contributed by atoms with van der Waals surface area (Å²) >= 11 is 12.6. The first-order valence-corrected chi connectivity index (χ1v) is 12.7. The molecular formula is C29H32Cl2N2O2. The highest BCUT2D eigenvalue weighted by molar-refractivity contribution is 6.31. The molecule has 0 heterocycles. The molecule has 0 saturated heterocycles. The lowest BCUT2D eigenvalue weighted by atomic mass is 10.0. The summed E-state index contributed by atoms with van der Waals surface area (Å²) in [6.45, 7) is 4.28. The van der Waals surface area contributed by atoms with Crippen LogP contribution in [0.2, 0.25) is 10.0 Å². The molecule has 0 aliphatic carbocycles. The minimum Gasteiger partial charge on any atom is -0.352 e. The first-order chi connectivity index (χ1) is 16.9. The topological polar surface area (TPSA) is 49.4 Å². The minimum atomic E-state index is -0.663. The number of nitrogens with one attached hydrogen (secondary N) is 1. The van der Waals surface area contributed by atoms with Crippen LogP contribution in [-0.4, -0.2) is 28.8 Å². The van der Waals surface area contributed by atoms with Crippen LogP contribution in [0, 0.1) is 0 Å². The van der Waals surface area contributed by atoms with E-state index in [9.17, 15) is 9.59 Å². The van der Waals surface area contributed by atoms with Gasteiger partial charge < -0.3 is 10.2 Å². The molecule has 2 atom stereocenters. The van der Waals surface area contributed by atoms with Crippen molar-refractivity contribution in [3.63, 3.8) is 0 Å². The molecule has 0 saturated carbocycles. The van der Waals surface area contributed by atoms with Crippen LogP contribution in [0.15, 0.2) is 78.9 Å². The third-order valence-corrected chi connectivity index (χ3v) is 6.68. The lowest BCUT2D eigenvalue weighted by Gasteiger charge is -2.32. The van der Waals surface area contributed by atoms with E-state index in [2.05, 4.69) is 5.32 Å². The van der Waals surface area contributed by atoms with Crippen LogP contribution < -0.4 is 5.32 Å². The van der Waals surface area contributed by atoms with Gasteiger partial charge in [-0.3, -0.25) is 9.59 Å². The highest BCUT2D eigenvalue weighted by Crippen LogP contribution is 2.21. The van der Waals surface area contributed by atoms with Crippen LogP contribution >= 0.6 is 23.2 Å². The summed E-state index contributed by atoms with van der Waals surface area (Å²) in [6, 6.07) is 24.1. The van der Waals surface area contributed by atoms with Gasteiger partial charge in [0.2, 0.25) is 11.8 Å². The molecule has 1 N–H and O–H groups in total. The van der Waals surface area contributed by atoms with Crippen molar-refractivity contribution in [3.8, 4) is 0 Å². The van der Waals surface area contributed by atoms with E-state index in [0.717, 1.165) is 23.1 Å². The highest BCUT2D eigenvalue weighted by Gasteiger charge is 2.30. The Labute approximate surface area is 218 Å². The summed E-state index contributed by atoms with van der Waals surface area (Å²) in [6.07, 6.45) is 1.96. The van der Waals surface area contributed by atoms with Gasteiger partial charge in [-0.15, -0.1) is 0 Å². The number of nitrogens with zero attached hydrogens (tertiary/aromatic N) is 1. The van der Waals surface area contributed by atoms with Crippen molar-refractivity contribution < 1.29 is 9.59 Å². The number of aryl methyl sites for hydroxylation is 1. The zero-order valence-electron chi connectivity index (χ0n) is 20.2. The molecule has 4 nitrogen and oxygen atoms in total. The Bertz CT molecular complexity index is 1120. The second kappa shape index (κ2) is 13.3. The molecule has 2 amide bonds. The number of halogens is 2. The van der Waals surface area contributed by atoms with E-state index >= 15 is 0 Å². The molecule has 3 rings (SSSR count). The fraction of sp³-hybridized carbons (Fsp3) is 0.310. The number of carbonyl (C=O) groups is 2. The Morgan fingerprint density at radius 2 is 1.60 bits per heavy atom. The summed E-state index contributed by atoms with van der Waals surface area (Å²) in [4.78, 5) is 28.9. The van der Waals surface area contributed by atoms with Crippen LogP contribution in [-0.2, 0) is 29.0 Å². The zero-order chi connectivity index (χ0) is 25.2. The average Bonchev–Trinajstić information content (AvgIpc) is 2.86. The molecule has 0 fully saturated rings. The van der Waals surface area contributed by atoms with Crippen molar-refractivity contribution in [3.05, 3.63) is 106 Å². The smallest absolute Gasteiger partial charge is 0.243 e. The maximum Gasteiger partial charge on any atom is 0.243 e. The van der Waals surface area contributed by atoms with Crippen LogP contribution in [0.5, 0.6) is 0 Å². The van der Waals surface area contributed by atoms with Gasteiger partial charge >= 0.3 is 0 Å². The molecule has 6 heteroatoms. The van der Waals surface area contributed by atoms with Gasteiger partial charge in [-0.05, 0) is 54.7 Å². The first kappa shape index (κ1) is 26.8. The molecule has 3 aromatic carbocycles. The van der Waals surface area contributed by atoms with Crippen molar-refractivity contribution in [1.82, 2.24) is 10.2 Å². The van der Waals surface area contributed by atoms with Crippen LogP contribution in [0.4, 0.5) is 0 Å². The van der Waals surface area contributed by atoms with Gasteiger partial charge in [0.25, 0.3) is 0 Å². The lowest BCUT2D eigenvalue weighted by molar-refractivity contribution is -0.141. The molecule has 0 aliphatic heterocycles. The molecular weight excluding hydrogens is 479 g/mol. The molecule has 184 valence electrons. The molecule has 0 unspecified atom stereocenters. The van der Waals surface area contributed by atoms with Gasteiger partial charge in [0.05, 0.1) is 0 Å².